The van der Waals surface area contributed by atoms with E-state index in [1.165, 1.54) is 0 Å². The maximum atomic E-state index is 11.7. The van der Waals surface area contributed by atoms with Crippen LogP contribution >= 0.6 is 0 Å². The smallest absolute Gasteiger partial charge is 0.326 e. The molecule has 4 nitrogen and oxygen atoms in total. The number of hydrogen-bond acceptors (Lipinski definition) is 3. The number of rotatable bonds is 5. The number of aromatic nitrogens is 2. The van der Waals surface area contributed by atoms with Gasteiger partial charge in [-0.15, -0.1) is 0 Å². The van der Waals surface area contributed by atoms with E-state index in [2.05, 4.69) is 11.9 Å². The van der Waals surface area contributed by atoms with Crippen LogP contribution in [-0.4, -0.2) is 22.1 Å². The minimum atomic E-state index is -0.208. The standard InChI is InChI=1S/C15H20N2O2/c1-4-7-13-16-15-11(3)8-6-9-12(15)17(13)10-14(18)19-5-2/h6,8-9H,4-5,7,10H2,1-3H3. The highest BCUT2D eigenvalue weighted by molar-refractivity contribution is 5.81. The molecular formula is C15H20N2O2. The summed E-state index contributed by atoms with van der Waals surface area (Å²) in [6, 6.07) is 6.05. The number of carbonyl (C=O) groups excluding carboxylic acids is 1. The van der Waals surface area contributed by atoms with Crippen molar-refractivity contribution in [1.29, 1.82) is 0 Å². The van der Waals surface area contributed by atoms with Crippen LogP contribution in [0.3, 0.4) is 0 Å². The minimum absolute atomic E-state index is 0.208. The molecule has 2 aromatic rings. The van der Waals surface area contributed by atoms with Gasteiger partial charge in [0, 0.05) is 6.42 Å². The number of imidazole rings is 1. The highest BCUT2D eigenvalue weighted by Crippen LogP contribution is 2.20. The van der Waals surface area contributed by atoms with Gasteiger partial charge in [0.25, 0.3) is 0 Å². The molecule has 0 aliphatic rings. The number of ether oxygens (including phenoxy) is 1. The van der Waals surface area contributed by atoms with Gasteiger partial charge < -0.3 is 9.30 Å². The van der Waals surface area contributed by atoms with Crippen molar-refractivity contribution >= 4 is 17.0 Å². The van der Waals surface area contributed by atoms with Crippen molar-refractivity contribution in [1.82, 2.24) is 9.55 Å². The summed E-state index contributed by atoms with van der Waals surface area (Å²) in [5, 5.41) is 0. The number of para-hydroxylation sites is 1. The van der Waals surface area contributed by atoms with E-state index >= 15 is 0 Å². The zero-order chi connectivity index (χ0) is 13.8. The Bertz CT molecular complexity index is 587. The van der Waals surface area contributed by atoms with Gasteiger partial charge in [0.05, 0.1) is 17.6 Å². The SMILES string of the molecule is CCCc1nc2c(C)cccc2n1CC(=O)OCC. The Kier molecular flexibility index (Phi) is 4.20. The van der Waals surface area contributed by atoms with Gasteiger partial charge in [-0.25, -0.2) is 4.98 Å². The number of aryl methyl sites for hydroxylation is 2. The van der Waals surface area contributed by atoms with Crippen LogP contribution in [0.5, 0.6) is 0 Å². The molecule has 102 valence electrons. The molecule has 1 heterocycles. The van der Waals surface area contributed by atoms with E-state index in [1.54, 1.807) is 0 Å². The fourth-order valence-corrected chi connectivity index (χ4v) is 2.26. The number of carbonyl (C=O) groups is 1. The molecule has 0 unspecified atom stereocenters. The van der Waals surface area contributed by atoms with Gasteiger partial charge in [-0.3, -0.25) is 4.79 Å². The highest BCUT2D eigenvalue weighted by Gasteiger charge is 2.14. The van der Waals surface area contributed by atoms with Crippen LogP contribution in [0.15, 0.2) is 18.2 Å². The second kappa shape index (κ2) is 5.87. The predicted molar refractivity (Wildman–Crippen MR) is 75.1 cm³/mol. The number of nitrogens with zero attached hydrogens (tertiary/aromatic N) is 2. The van der Waals surface area contributed by atoms with Gasteiger partial charge in [0.1, 0.15) is 12.4 Å². The molecule has 0 atom stereocenters. The zero-order valence-corrected chi connectivity index (χ0v) is 11.8. The fraction of sp³-hybridized carbons (Fsp3) is 0.467. The Labute approximate surface area is 113 Å². The zero-order valence-electron chi connectivity index (χ0n) is 11.8. The lowest BCUT2D eigenvalue weighted by atomic mass is 10.2. The van der Waals surface area contributed by atoms with Crippen LogP contribution in [0, 0.1) is 6.92 Å². The van der Waals surface area contributed by atoms with Gasteiger partial charge in [-0.1, -0.05) is 19.1 Å². The third-order valence-corrected chi connectivity index (χ3v) is 3.13. The Morgan fingerprint density at radius 1 is 1.37 bits per heavy atom. The molecule has 1 aromatic heterocycles. The van der Waals surface area contributed by atoms with Crippen molar-refractivity contribution in [2.45, 2.75) is 40.2 Å². The second-order valence-corrected chi connectivity index (χ2v) is 4.61. The quantitative estimate of drug-likeness (QED) is 0.776. The summed E-state index contributed by atoms with van der Waals surface area (Å²) in [4.78, 5) is 16.4. The van der Waals surface area contributed by atoms with E-state index in [1.807, 2.05) is 36.6 Å². The summed E-state index contributed by atoms with van der Waals surface area (Å²) in [7, 11) is 0. The Balaban J connectivity index is 2.46. The number of esters is 1. The Hall–Kier alpha value is -1.84. The lowest BCUT2D eigenvalue weighted by molar-refractivity contribution is -0.143. The van der Waals surface area contributed by atoms with Crippen molar-refractivity contribution in [2.24, 2.45) is 0 Å². The maximum absolute atomic E-state index is 11.7. The maximum Gasteiger partial charge on any atom is 0.326 e. The second-order valence-electron chi connectivity index (χ2n) is 4.61. The average Bonchev–Trinajstić information content (AvgIpc) is 2.71. The van der Waals surface area contributed by atoms with Gasteiger partial charge in [-0.05, 0) is 31.9 Å². The van der Waals surface area contributed by atoms with Gasteiger partial charge >= 0.3 is 5.97 Å². The minimum Gasteiger partial charge on any atom is -0.465 e. The summed E-state index contributed by atoms with van der Waals surface area (Å²) in [6.07, 6.45) is 1.87. The molecule has 0 fully saturated rings. The molecule has 19 heavy (non-hydrogen) atoms. The lowest BCUT2D eigenvalue weighted by Gasteiger charge is -2.08. The summed E-state index contributed by atoms with van der Waals surface area (Å²) in [5.74, 6) is 0.750. The van der Waals surface area contributed by atoms with Crippen LogP contribution < -0.4 is 0 Å². The molecular weight excluding hydrogens is 240 g/mol. The molecule has 4 heteroatoms. The molecule has 0 amide bonds. The van der Waals surface area contributed by atoms with E-state index in [0.717, 1.165) is 35.3 Å². The molecule has 0 saturated heterocycles. The van der Waals surface area contributed by atoms with Crippen LogP contribution in [0.2, 0.25) is 0 Å². The van der Waals surface area contributed by atoms with Crippen molar-refractivity contribution in [3.8, 4) is 0 Å². The molecule has 0 bridgehead atoms. The van der Waals surface area contributed by atoms with Crippen molar-refractivity contribution in [3.63, 3.8) is 0 Å². The van der Waals surface area contributed by atoms with Crippen LogP contribution in [0.25, 0.3) is 11.0 Å². The number of fused-ring (bicyclic) bond motifs is 1. The van der Waals surface area contributed by atoms with E-state index in [-0.39, 0.29) is 12.5 Å². The molecule has 0 N–H and O–H groups in total. The first-order chi connectivity index (χ1) is 9.17. The van der Waals surface area contributed by atoms with Crippen LogP contribution in [0.4, 0.5) is 0 Å². The number of benzene rings is 1. The largest absolute Gasteiger partial charge is 0.465 e. The summed E-state index contributed by atoms with van der Waals surface area (Å²) in [6.45, 7) is 6.62. The molecule has 2 rings (SSSR count). The molecule has 0 radical (unpaired) electrons. The summed E-state index contributed by atoms with van der Waals surface area (Å²) in [5.41, 5.74) is 3.13. The molecule has 0 aliphatic heterocycles. The van der Waals surface area contributed by atoms with Crippen LogP contribution in [0.1, 0.15) is 31.7 Å². The van der Waals surface area contributed by atoms with Crippen molar-refractivity contribution in [3.05, 3.63) is 29.6 Å². The van der Waals surface area contributed by atoms with E-state index in [9.17, 15) is 4.79 Å². The monoisotopic (exact) mass is 260 g/mol. The number of hydrogen-bond donors (Lipinski definition) is 0. The van der Waals surface area contributed by atoms with Gasteiger partial charge in [0.15, 0.2) is 0 Å². The third-order valence-electron chi connectivity index (χ3n) is 3.13. The first-order valence-electron chi connectivity index (χ1n) is 6.77. The topological polar surface area (TPSA) is 44.1 Å². The van der Waals surface area contributed by atoms with E-state index in [4.69, 9.17) is 4.74 Å². The first kappa shape index (κ1) is 13.6. The Morgan fingerprint density at radius 2 is 2.16 bits per heavy atom. The molecule has 0 saturated carbocycles. The van der Waals surface area contributed by atoms with Crippen molar-refractivity contribution in [2.75, 3.05) is 6.61 Å². The van der Waals surface area contributed by atoms with Gasteiger partial charge in [-0.2, -0.15) is 0 Å². The average molecular weight is 260 g/mol. The van der Waals surface area contributed by atoms with Crippen LogP contribution in [-0.2, 0) is 22.5 Å². The van der Waals surface area contributed by atoms with Crippen molar-refractivity contribution < 1.29 is 9.53 Å². The third kappa shape index (κ3) is 2.78. The van der Waals surface area contributed by atoms with Gasteiger partial charge in [0.2, 0.25) is 0 Å². The predicted octanol–water partition coefficient (Wildman–Crippen LogP) is 2.86. The summed E-state index contributed by atoms with van der Waals surface area (Å²) < 4.78 is 7.02. The molecule has 0 spiro atoms. The fourth-order valence-electron chi connectivity index (χ4n) is 2.26. The molecule has 1 aromatic carbocycles. The molecule has 0 aliphatic carbocycles. The van der Waals surface area contributed by atoms with E-state index in [0.29, 0.717) is 6.61 Å². The lowest BCUT2D eigenvalue weighted by Crippen LogP contribution is -2.15. The van der Waals surface area contributed by atoms with E-state index < -0.39 is 0 Å². The highest BCUT2D eigenvalue weighted by atomic mass is 16.5. The summed E-state index contributed by atoms with van der Waals surface area (Å²) >= 11 is 0. The normalized spacial score (nSPS) is 10.9. The Morgan fingerprint density at radius 3 is 2.84 bits per heavy atom. The first-order valence-corrected chi connectivity index (χ1v) is 6.77.